The van der Waals surface area contributed by atoms with Crippen molar-refractivity contribution in [3.05, 3.63) is 58.4 Å². The van der Waals surface area contributed by atoms with Crippen LogP contribution in [0.3, 0.4) is 0 Å². The summed E-state index contributed by atoms with van der Waals surface area (Å²) in [6.45, 7) is 2.67. The van der Waals surface area contributed by atoms with E-state index in [9.17, 15) is 9.59 Å². The van der Waals surface area contributed by atoms with Gasteiger partial charge in [0.25, 0.3) is 5.56 Å². The fourth-order valence-electron chi connectivity index (χ4n) is 2.58. The summed E-state index contributed by atoms with van der Waals surface area (Å²) in [6, 6.07) is 8.78. The van der Waals surface area contributed by atoms with Crippen LogP contribution in [0.1, 0.15) is 30.8 Å². The lowest BCUT2D eigenvalue weighted by molar-refractivity contribution is -0.131. The first-order valence-corrected chi connectivity index (χ1v) is 7.52. The van der Waals surface area contributed by atoms with Crippen molar-refractivity contribution >= 4 is 5.91 Å². The Morgan fingerprint density at radius 1 is 1.36 bits per heavy atom. The molecule has 2 aromatic heterocycles. The molecule has 0 saturated heterocycles. The molecule has 0 aromatic carbocycles. The molecule has 0 bridgehead atoms. The Kier molecular flexibility index (Phi) is 3.88. The van der Waals surface area contributed by atoms with Gasteiger partial charge in [0.2, 0.25) is 5.91 Å². The molecule has 5 nitrogen and oxygen atoms in total. The number of carbonyl (C=O) groups is 1. The summed E-state index contributed by atoms with van der Waals surface area (Å²) in [6.07, 6.45) is 2.80. The molecule has 1 aliphatic carbocycles. The van der Waals surface area contributed by atoms with E-state index in [2.05, 4.69) is 6.92 Å². The zero-order valence-corrected chi connectivity index (χ0v) is 12.9. The molecule has 1 saturated carbocycles. The van der Waals surface area contributed by atoms with Crippen LogP contribution in [0.2, 0.25) is 0 Å². The van der Waals surface area contributed by atoms with Gasteiger partial charge in [0.15, 0.2) is 0 Å². The summed E-state index contributed by atoms with van der Waals surface area (Å²) in [5, 5.41) is 0. The molecule has 0 N–H and O–H groups in total. The predicted molar refractivity (Wildman–Crippen MR) is 82.4 cm³/mol. The van der Waals surface area contributed by atoms with Crippen LogP contribution in [0.25, 0.3) is 0 Å². The van der Waals surface area contributed by atoms with Gasteiger partial charge in [-0.05, 0) is 30.5 Å². The van der Waals surface area contributed by atoms with Crippen LogP contribution in [-0.4, -0.2) is 22.4 Å². The number of hydrogen-bond donors (Lipinski definition) is 0. The molecule has 1 fully saturated rings. The van der Waals surface area contributed by atoms with Crippen molar-refractivity contribution in [1.82, 2.24) is 9.47 Å². The van der Waals surface area contributed by atoms with Crippen molar-refractivity contribution in [3.63, 3.8) is 0 Å². The lowest BCUT2D eigenvalue weighted by Crippen LogP contribution is -2.33. The quantitative estimate of drug-likeness (QED) is 0.851. The smallest absolute Gasteiger partial charge is 0.250 e. The van der Waals surface area contributed by atoms with E-state index in [1.165, 1.54) is 17.1 Å². The summed E-state index contributed by atoms with van der Waals surface area (Å²) in [5.74, 6) is 2.92. The van der Waals surface area contributed by atoms with Gasteiger partial charge in [-0.2, -0.15) is 0 Å². The summed E-state index contributed by atoms with van der Waals surface area (Å²) in [7, 11) is 1.72. The second-order valence-electron chi connectivity index (χ2n) is 6.04. The first-order chi connectivity index (χ1) is 10.5. The number of likely N-dealkylation sites (N-methyl/N-ethyl adjacent to an activating group) is 1. The Balaban J connectivity index is 1.60. The third-order valence-electron chi connectivity index (χ3n) is 4.18. The van der Waals surface area contributed by atoms with E-state index < -0.39 is 0 Å². The fraction of sp³-hybridized carbons (Fsp3) is 0.412. The fourth-order valence-corrected chi connectivity index (χ4v) is 2.58. The van der Waals surface area contributed by atoms with Crippen molar-refractivity contribution in [3.8, 4) is 0 Å². The maximum atomic E-state index is 12.2. The van der Waals surface area contributed by atoms with Crippen LogP contribution >= 0.6 is 0 Å². The molecule has 1 amide bonds. The Morgan fingerprint density at radius 3 is 2.82 bits per heavy atom. The van der Waals surface area contributed by atoms with Crippen molar-refractivity contribution in [1.29, 1.82) is 0 Å². The molecule has 22 heavy (non-hydrogen) atoms. The van der Waals surface area contributed by atoms with Gasteiger partial charge >= 0.3 is 0 Å². The molecule has 0 aliphatic heterocycles. The highest BCUT2D eigenvalue weighted by Gasteiger charge is 2.36. The number of nitrogens with zero attached hydrogens (tertiary/aromatic N) is 2. The predicted octanol–water partition coefficient (Wildman–Crippen LogP) is 2.22. The molecule has 3 rings (SSSR count). The zero-order chi connectivity index (χ0) is 15.7. The zero-order valence-electron chi connectivity index (χ0n) is 12.9. The molecule has 0 radical (unpaired) electrons. The van der Waals surface area contributed by atoms with Crippen LogP contribution in [-0.2, 0) is 17.9 Å². The highest BCUT2D eigenvalue weighted by Crippen LogP contribution is 2.47. The molecule has 2 atom stereocenters. The van der Waals surface area contributed by atoms with Crippen LogP contribution < -0.4 is 5.56 Å². The van der Waals surface area contributed by atoms with Gasteiger partial charge < -0.3 is 13.9 Å². The SMILES string of the molecule is C[C@@H]1C[C@@H]1c1ccc(CN(C)C(=O)Cn2ccccc2=O)o1. The number of amides is 1. The van der Waals surface area contributed by atoms with E-state index in [0.29, 0.717) is 18.4 Å². The molecule has 1 aliphatic rings. The van der Waals surface area contributed by atoms with Crippen LogP contribution in [0.5, 0.6) is 0 Å². The number of rotatable bonds is 5. The van der Waals surface area contributed by atoms with Crippen molar-refractivity contribution in [2.75, 3.05) is 7.05 Å². The van der Waals surface area contributed by atoms with Gasteiger partial charge in [-0.15, -0.1) is 0 Å². The van der Waals surface area contributed by atoms with Gasteiger partial charge in [0.05, 0.1) is 6.54 Å². The first kappa shape index (κ1) is 14.6. The number of furan rings is 1. The topological polar surface area (TPSA) is 55.5 Å². The minimum atomic E-state index is -0.174. The Labute approximate surface area is 129 Å². The molecular weight excluding hydrogens is 280 g/mol. The number of carbonyl (C=O) groups excluding carboxylic acids is 1. The maximum Gasteiger partial charge on any atom is 0.250 e. The van der Waals surface area contributed by atoms with E-state index in [1.807, 2.05) is 12.1 Å². The Hall–Kier alpha value is -2.30. The Morgan fingerprint density at radius 2 is 2.14 bits per heavy atom. The van der Waals surface area contributed by atoms with Crippen molar-refractivity contribution in [2.45, 2.75) is 32.4 Å². The lowest BCUT2D eigenvalue weighted by atomic mass is 10.3. The van der Waals surface area contributed by atoms with Crippen LogP contribution in [0.4, 0.5) is 0 Å². The van der Waals surface area contributed by atoms with E-state index in [4.69, 9.17) is 4.42 Å². The lowest BCUT2D eigenvalue weighted by Gasteiger charge is -2.16. The largest absolute Gasteiger partial charge is 0.464 e. The first-order valence-electron chi connectivity index (χ1n) is 7.52. The third-order valence-corrected chi connectivity index (χ3v) is 4.18. The second-order valence-corrected chi connectivity index (χ2v) is 6.04. The second kappa shape index (κ2) is 5.83. The third kappa shape index (κ3) is 3.13. The molecule has 2 heterocycles. The summed E-state index contributed by atoms with van der Waals surface area (Å²) >= 11 is 0. The molecule has 116 valence electrons. The number of hydrogen-bond acceptors (Lipinski definition) is 3. The van der Waals surface area contributed by atoms with Crippen molar-refractivity contribution < 1.29 is 9.21 Å². The van der Waals surface area contributed by atoms with Gasteiger partial charge in [0.1, 0.15) is 18.1 Å². The maximum absolute atomic E-state index is 12.2. The molecule has 2 aromatic rings. The molecule has 0 spiro atoms. The number of aromatic nitrogens is 1. The van der Waals surface area contributed by atoms with Crippen LogP contribution in [0.15, 0.2) is 45.7 Å². The van der Waals surface area contributed by atoms with Crippen molar-refractivity contribution in [2.24, 2.45) is 5.92 Å². The minimum absolute atomic E-state index is 0.0450. The van der Waals surface area contributed by atoms with E-state index in [0.717, 1.165) is 11.5 Å². The normalized spacial score (nSPS) is 19.9. The highest BCUT2D eigenvalue weighted by molar-refractivity contribution is 5.75. The summed E-state index contributed by atoms with van der Waals surface area (Å²) < 4.78 is 7.21. The summed E-state index contributed by atoms with van der Waals surface area (Å²) in [5.41, 5.74) is -0.174. The highest BCUT2D eigenvalue weighted by atomic mass is 16.3. The number of pyridine rings is 1. The summed E-state index contributed by atoms with van der Waals surface area (Å²) in [4.78, 5) is 25.4. The van der Waals surface area contributed by atoms with E-state index >= 15 is 0 Å². The average molecular weight is 300 g/mol. The molecule has 0 unspecified atom stereocenters. The van der Waals surface area contributed by atoms with E-state index in [-0.39, 0.29) is 18.0 Å². The monoisotopic (exact) mass is 300 g/mol. The van der Waals surface area contributed by atoms with Crippen LogP contribution in [0, 0.1) is 5.92 Å². The van der Waals surface area contributed by atoms with Gasteiger partial charge in [-0.3, -0.25) is 9.59 Å². The minimum Gasteiger partial charge on any atom is -0.464 e. The molecular formula is C17H20N2O3. The van der Waals surface area contributed by atoms with Gasteiger partial charge in [0, 0.05) is 25.2 Å². The average Bonchev–Trinajstić information content (AvgIpc) is 3.04. The Bertz CT molecular complexity index is 731. The van der Waals surface area contributed by atoms with E-state index in [1.54, 1.807) is 30.3 Å². The van der Waals surface area contributed by atoms with Gasteiger partial charge in [-0.25, -0.2) is 0 Å². The van der Waals surface area contributed by atoms with Gasteiger partial charge in [-0.1, -0.05) is 13.0 Å². The standard InChI is InChI=1S/C17H20N2O3/c1-12-9-14(12)15-7-6-13(22-15)10-18(2)17(21)11-19-8-4-3-5-16(19)20/h3-8,12,14H,9-11H2,1-2H3/t12-,14+/m1/s1. The molecule has 5 heteroatoms.